The van der Waals surface area contributed by atoms with Gasteiger partial charge < -0.3 is 11.5 Å². The van der Waals surface area contributed by atoms with Crippen molar-refractivity contribution in [1.82, 2.24) is 0 Å². The van der Waals surface area contributed by atoms with E-state index in [0.717, 1.165) is 67.3 Å². The Balaban J connectivity index is 1.46. The fourth-order valence-electron chi connectivity index (χ4n) is 7.53. The first kappa shape index (κ1) is 26.3. The molecule has 0 amide bonds. The largest absolute Gasteiger partial charge is 0.417 e. The number of halogens is 3. The van der Waals surface area contributed by atoms with Gasteiger partial charge in [0.15, 0.2) is 0 Å². The zero-order valence-electron chi connectivity index (χ0n) is 23.8. The van der Waals surface area contributed by atoms with Crippen LogP contribution >= 0.6 is 0 Å². The Labute approximate surface area is 253 Å². The summed E-state index contributed by atoms with van der Waals surface area (Å²) in [4.78, 5) is 0. The number of anilines is 2. The van der Waals surface area contributed by atoms with Crippen molar-refractivity contribution in [3.05, 3.63) is 155 Å². The predicted molar refractivity (Wildman–Crippen MR) is 172 cm³/mol. The highest BCUT2D eigenvalue weighted by atomic mass is 19.4. The second kappa shape index (κ2) is 9.10. The molecule has 0 radical (unpaired) electrons. The van der Waals surface area contributed by atoms with E-state index in [1.807, 2.05) is 48.5 Å². The van der Waals surface area contributed by atoms with Gasteiger partial charge >= 0.3 is 6.18 Å². The maximum atomic E-state index is 14.3. The third-order valence-corrected chi connectivity index (χ3v) is 9.31. The molecule has 0 unspecified atom stereocenters. The number of nitrogen functional groups attached to an aromatic ring is 2. The first-order valence-electron chi connectivity index (χ1n) is 14.5. The molecule has 2 aliphatic rings. The van der Waals surface area contributed by atoms with Gasteiger partial charge in [0, 0.05) is 11.4 Å². The van der Waals surface area contributed by atoms with Crippen molar-refractivity contribution in [2.45, 2.75) is 18.5 Å². The van der Waals surface area contributed by atoms with Gasteiger partial charge in [0.1, 0.15) is 0 Å². The van der Waals surface area contributed by atoms with E-state index in [1.165, 1.54) is 12.1 Å². The molecule has 4 N–H and O–H groups in total. The van der Waals surface area contributed by atoms with Crippen LogP contribution in [0.5, 0.6) is 0 Å². The summed E-state index contributed by atoms with van der Waals surface area (Å²) in [6, 6.07) is 39.0. The van der Waals surface area contributed by atoms with Crippen molar-refractivity contribution in [3.63, 3.8) is 0 Å². The van der Waals surface area contributed by atoms with Gasteiger partial charge in [0.2, 0.25) is 0 Å². The number of hydrogen-bond donors (Lipinski definition) is 2. The number of fused-ring (bicyclic) bond motifs is 10. The summed E-state index contributed by atoms with van der Waals surface area (Å²) >= 11 is 0. The first-order chi connectivity index (χ1) is 21.2. The third-order valence-electron chi connectivity index (χ3n) is 9.31. The van der Waals surface area contributed by atoms with Gasteiger partial charge in [-0.25, -0.2) is 0 Å². The standard InChI is InChI=1S/C39H27F3N2/c1-22-18-25(43)12-16-27(22)23-10-14-31-32-15-11-24(28-17-13-26(44)21-37(28)39(40,41)42)20-36(32)38(35(31)19-23)33-8-4-2-6-29(33)30-7-3-5-9-34(30)38/h2-21H,43-44H2,1H3. The Morgan fingerprint density at radius 2 is 0.932 bits per heavy atom. The van der Waals surface area contributed by atoms with E-state index in [9.17, 15) is 13.2 Å². The molecule has 214 valence electrons. The van der Waals surface area contributed by atoms with E-state index in [2.05, 4.69) is 55.5 Å². The molecule has 44 heavy (non-hydrogen) atoms. The zero-order chi connectivity index (χ0) is 30.4. The van der Waals surface area contributed by atoms with E-state index in [0.29, 0.717) is 11.3 Å². The number of alkyl halides is 3. The first-order valence-corrected chi connectivity index (χ1v) is 14.5. The molecule has 6 aromatic rings. The van der Waals surface area contributed by atoms with Gasteiger partial charge in [-0.05, 0) is 116 Å². The van der Waals surface area contributed by atoms with Crippen LogP contribution < -0.4 is 11.5 Å². The Hall–Kier alpha value is -5.29. The molecule has 2 nitrogen and oxygen atoms in total. The highest BCUT2D eigenvalue weighted by Crippen LogP contribution is 2.63. The maximum absolute atomic E-state index is 14.3. The Kier molecular flexibility index (Phi) is 5.45. The topological polar surface area (TPSA) is 52.0 Å². The summed E-state index contributed by atoms with van der Waals surface area (Å²) in [5.41, 5.74) is 23.8. The molecular weight excluding hydrogens is 553 g/mol. The Morgan fingerprint density at radius 3 is 1.48 bits per heavy atom. The van der Waals surface area contributed by atoms with Crippen molar-refractivity contribution in [3.8, 4) is 44.5 Å². The van der Waals surface area contributed by atoms with Gasteiger partial charge in [-0.1, -0.05) is 84.9 Å². The Morgan fingerprint density at radius 1 is 0.477 bits per heavy atom. The normalized spacial score (nSPS) is 13.8. The van der Waals surface area contributed by atoms with Crippen molar-refractivity contribution in [1.29, 1.82) is 0 Å². The summed E-state index contributed by atoms with van der Waals surface area (Å²) < 4.78 is 42.9. The van der Waals surface area contributed by atoms with Crippen LogP contribution in [0, 0.1) is 6.92 Å². The minimum Gasteiger partial charge on any atom is -0.399 e. The zero-order valence-corrected chi connectivity index (χ0v) is 23.8. The van der Waals surface area contributed by atoms with Crippen molar-refractivity contribution < 1.29 is 13.2 Å². The molecule has 0 heterocycles. The summed E-state index contributed by atoms with van der Waals surface area (Å²) in [6.45, 7) is 2.06. The quantitative estimate of drug-likeness (QED) is 0.200. The number of hydrogen-bond acceptors (Lipinski definition) is 2. The van der Waals surface area contributed by atoms with Crippen molar-refractivity contribution in [2.24, 2.45) is 0 Å². The fourth-order valence-corrected chi connectivity index (χ4v) is 7.53. The van der Waals surface area contributed by atoms with Crippen LogP contribution in [0.25, 0.3) is 44.5 Å². The third kappa shape index (κ3) is 3.56. The van der Waals surface area contributed by atoms with E-state index < -0.39 is 17.2 Å². The summed E-state index contributed by atoms with van der Waals surface area (Å²) in [5.74, 6) is 0. The molecule has 0 saturated carbocycles. The minimum absolute atomic E-state index is 0.0789. The van der Waals surface area contributed by atoms with Crippen LogP contribution in [-0.2, 0) is 11.6 Å². The van der Waals surface area contributed by atoms with Gasteiger partial charge in [-0.2, -0.15) is 13.2 Å². The van der Waals surface area contributed by atoms with Gasteiger partial charge in [0.05, 0.1) is 11.0 Å². The van der Waals surface area contributed by atoms with Crippen LogP contribution in [0.1, 0.15) is 33.4 Å². The summed E-state index contributed by atoms with van der Waals surface area (Å²) in [6.07, 6.45) is -4.55. The molecule has 1 spiro atoms. The van der Waals surface area contributed by atoms with Gasteiger partial charge in [-0.3, -0.25) is 0 Å². The van der Waals surface area contributed by atoms with E-state index in [-0.39, 0.29) is 11.3 Å². The van der Waals surface area contributed by atoms with Gasteiger partial charge in [-0.15, -0.1) is 0 Å². The average Bonchev–Trinajstić information content (AvgIpc) is 3.47. The van der Waals surface area contributed by atoms with Crippen molar-refractivity contribution in [2.75, 3.05) is 11.5 Å². The number of aryl methyl sites for hydroxylation is 1. The smallest absolute Gasteiger partial charge is 0.399 e. The molecule has 8 rings (SSSR count). The number of nitrogens with two attached hydrogens (primary N) is 2. The molecule has 5 heteroatoms. The lowest BCUT2D eigenvalue weighted by Crippen LogP contribution is -2.26. The van der Waals surface area contributed by atoms with E-state index in [4.69, 9.17) is 11.5 Å². The van der Waals surface area contributed by atoms with Crippen molar-refractivity contribution >= 4 is 11.4 Å². The molecule has 0 atom stereocenters. The molecule has 6 aromatic carbocycles. The lowest BCUT2D eigenvalue weighted by atomic mass is 9.70. The summed E-state index contributed by atoms with van der Waals surface area (Å²) in [5, 5.41) is 0. The second-order valence-corrected chi connectivity index (χ2v) is 11.7. The molecule has 0 fully saturated rings. The number of benzene rings is 6. The highest BCUT2D eigenvalue weighted by Gasteiger charge is 2.52. The fraction of sp³-hybridized carbons (Fsp3) is 0.0769. The Bertz CT molecular complexity index is 2110. The SMILES string of the molecule is Cc1cc(N)ccc1-c1ccc2c(c1)C1(c3ccccc3-c3ccccc31)c1cc(-c3ccc(N)cc3C(F)(F)F)ccc1-2. The van der Waals surface area contributed by atoms with Gasteiger partial charge in [0.25, 0.3) is 0 Å². The van der Waals surface area contributed by atoms with E-state index >= 15 is 0 Å². The van der Waals surface area contributed by atoms with E-state index in [1.54, 1.807) is 6.07 Å². The maximum Gasteiger partial charge on any atom is 0.417 e. The lowest BCUT2D eigenvalue weighted by molar-refractivity contribution is -0.137. The second-order valence-electron chi connectivity index (χ2n) is 11.7. The molecule has 0 aromatic heterocycles. The van der Waals surface area contributed by atoms with Crippen LogP contribution in [0.15, 0.2) is 121 Å². The molecule has 0 bridgehead atoms. The summed E-state index contributed by atoms with van der Waals surface area (Å²) in [7, 11) is 0. The molecule has 2 aliphatic carbocycles. The minimum atomic E-state index is -4.55. The average molecular weight is 581 g/mol. The van der Waals surface area contributed by atoms with Crippen LogP contribution in [0.3, 0.4) is 0 Å². The van der Waals surface area contributed by atoms with Crippen LogP contribution in [0.4, 0.5) is 24.5 Å². The predicted octanol–water partition coefficient (Wildman–Crippen LogP) is 9.86. The van der Waals surface area contributed by atoms with Crippen LogP contribution in [-0.4, -0.2) is 0 Å². The van der Waals surface area contributed by atoms with Crippen LogP contribution in [0.2, 0.25) is 0 Å². The monoisotopic (exact) mass is 580 g/mol. The molecule has 0 aliphatic heterocycles. The lowest BCUT2D eigenvalue weighted by Gasteiger charge is -2.31. The molecule has 0 saturated heterocycles. The number of rotatable bonds is 2. The molecular formula is C39H27F3N2. The highest BCUT2D eigenvalue weighted by molar-refractivity contribution is 5.97.